The Hall–Kier alpha value is -2.03. The SMILES string of the molecule is COC(=O)c1c(NCC2C=CCO2)nc(SC)nc1SCc1ccccc1. The van der Waals surface area contributed by atoms with Crippen molar-refractivity contribution in [3.8, 4) is 0 Å². The first-order valence-electron chi connectivity index (χ1n) is 8.44. The molecule has 0 saturated heterocycles. The van der Waals surface area contributed by atoms with Crippen LogP contribution in [0.5, 0.6) is 0 Å². The number of hydrogen-bond donors (Lipinski definition) is 1. The summed E-state index contributed by atoms with van der Waals surface area (Å²) in [7, 11) is 1.36. The number of esters is 1. The van der Waals surface area contributed by atoms with Gasteiger partial charge in [-0.15, -0.1) is 11.8 Å². The van der Waals surface area contributed by atoms with E-state index in [0.29, 0.717) is 40.5 Å². The summed E-state index contributed by atoms with van der Waals surface area (Å²) in [5.74, 6) is 0.716. The van der Waals surface area contributed by atoms with Crippen molar-refractivity contribution in [2.75, 3.05) is 31.8 Å². The van der Waals surface area contributed by atoms with E-state index in [1.807, 2.05) is 48.7 Å². The molecular weight excluding hydrogens is 382 g/mol. The van der Waals surface area contributed by atoms with E-state index in [1.54, 1.807) is 0 Å². The summed E-state index contributed by atoms with van der Waals surface area (Å²) in [4.78, 5) is 21.5. The van der Waals surface area contributed by atoms with Gasteiger partial charge in [0.05, 0.1) is 19.8 Å². The van der Waals surface area contributed by atoms with Crippen LogP contribution in [0.1, 0.15) is 15.9 Å². The summed E-state index contributed by atoms with van der Waals surface area (Å²) >= 11 is 2.93. The third-order valence-corrected chi connectivity index (χ3v) is 5.47. The summed E-state index contributed by atoms with van der Waals surface area (Å²) in [5.41, 5.74) is 1.51. The van der Waals surface area contributed by atoms with Gasteiger partial charge in [-0.25, -0.2) is 14.8 Å². The fourth-order valence-electron chi connectivity index (χ4n) is 2.52. The summed E-state index contributed by atoms with van der Waals surface area (Å²) in [5, 5.41) is 4.44. The molecule has 0 amide bonds. The lowest BCUT2D eigenvalue weighted by Crippen LogP contribution is -2.21. The van der Waals surface area contributed by atoms with E-state index < -0.39 is 5.97 Å². The van der Waals surface area contributed by atoms with Crippen LogP contribution in [0.15, 0.2) is 52.7 Å². The topological polar surface area (TPSA) is 73.3 Å². The van der Waals surface area contributed by atoms with Gasteiger partial charge < -0.3 is 14.8 Å². The van der Waals surface area contributed by atoms with E-state index in [0.717, 1.165) is 5.56 Å². The monoisotopic (exact) mass is 403 g/mol. The molecule has 1 unspecified atom stereocenters. The van der Waals surface area contributed by atoms with Crippen LogP contribution >= 0.6 is 23.5 Å². The van der Waals surface area contributed by atoms with Crippen molar-refractivity contribution in [2.45, 2.75) is 22.0 Å². The van der Waals surface area contributed by atoms with Gasteiger partial charge in [0, 0.05) is 12.3 Å². The largest absolute Gasteiger partial charge is 0.465 e. The minimum atomic E-state index is -0.455. The highest BCUT2D eigenvalue weighted by Crippen LogP contribution is 2.31. The van der Waals surface area contributed by atoms with E-state index in [-0.39, 0.29) is 6.10 Å². The maximum atomic E-state index is 12.5. The normalized spacial score (nSPS) is 15.7. The number of methoxy groups -OCH3 is 1. The third-order valence-electron chi connectivity index (χ3n) is 3.87. The van der Waals surface area contributed by atoms with E-state index in [1.165, 1.54) is 30.6 Å². The van der Waals surface area contributed by atoms with Crippen LogP contribution < -0.4 is 5.32 Å². The van der Waals surface area contributed by atoms with E-state index >= 15 is 0 Å². The number of nitrogens with zero attached hydrogens (tertiary/aromatic N) is 2. The second-order valence-corrected chi connectivity index (χ2v) is 7.42. The predicted octanol–water partition coefficient (Wildman–Crippen LogP) is 3.64. The van der Waals surface area contributed by atoms with Crippen molar-refractivity contribution >= 4 is 35.3 Å². The zero-order chi connectivity index (χ0) is 19.1. The molecule has 8 heteroatoms. The fourth-order valence-corrected chi connectivity index (χ4v) is 3.92. The summed E-state index contributed by atoms with van der Waals surface area (Å²) < 4.78 is 10.5. The molecule has 1 aliphatic rings. The zero-order valence-electron chi connectivity index (χ0n) is 15.2. The lowest BCUT2D eigenvalue weighted by atomic mass is 10.2. The number of benzene rings is 1. The highest BCUT2D eigenvalue weighted by molar-refractivity contribution is 7.99. The van der Waals surface area contributed by atoms with Gasteiger partial charge in [-0.3, -0.25) is 0 Å². The van der Waals surface area contributed by atoms with Gasteiger partial charge in [0.2, 0.25) is 0 Å². The number of nitrogens with one attached hydrogen (secondary N) is 1. The minimum Gasteiger partial charge on any atom is -0.465 e. The Kier molecular flexibility index (Phi) is 7.14. The van der Waals surface area contributed by atoms with Gasteiger partial charge >= 0.3 is 5.97 Å². The van der Waals surface area contributed by atoms with Crippen molar-refractivity contribution in [3.63, 3.8) is 0 Å². The zero-order valence-corrected chi connectivity index (χ0v) is 16.8. The first kappa shape index (κ1) is 19.7. The fraction of sp³-hybridized carbons (Fsp3) is 0.316. The molecule has 1 aromatic carbocycles. The molecule has 0 spiro atoms. The second kappa shape index (κ2) is 9.77. The molecule has 142 valence electrons. The molecule has 1 aliphatic heterocycles. The van der Waals surface area contributed by atoms with Crippen LogP contribution in [0, 0.1) is 0 Å². The van der Waals surface area contributed by atoms with Gasteiger partial charge in [-0.05, 0) is 11.8 Å². The number of ether oxygens (including phenoxy) is 2. The smallest absolute Gasteiger partial charge is 0.344 e. The van der Waals surface area contributed by atoms with Crippen LogP contribution in [0.2, 0.25) is 0 Å². The number of anilines is 1. The van der Waals surface area contributed by atoms with Crippen LogP contribution in [-0.4, -0.2) is 48.6 Å². The molecule has 2 heterocycles. The van der Waals surface area contributed by atoms with E-state index in [9.17, 15) is 4.79 Å². The van der Waals surface area contributed by atoms with Crippen molar-refractivity contribution < 1.29 is 14.3 Å². The first-order valence-corrected chi connectivity index (χ1v) is 10.7. The number of carbonyl (C=O) groups excluding carboxylic acids is 1. The van der Waals surface area contributed by atoms with E-state index in [4.69, 9.17) is 9.47 Å². The van der Waals surface area contributed by atoms with Gasteiger partial charge in [0.15, 0.2) is 5.16 Å². The first-order chi connectivity index (χ1) is 13.2. The Labute approximate surface area is 167 Å². The molecule has 0 radical (unpaired) electrons. The summed E-state index contributed by atoms with van der Waals surface area (Å²) in [6.45, 7) is 1.13. The molecule has 0 fully saturated rings. The quantitative estimate of drug-likeness (QED) is 0.235. The summed E-state index contributed by atoms with van der Waals surface area (Å²) in [6, 6.07) is 10.1. The molecule has 0 aliphatic carbocycles. The summed E-state index contributed by atoms with van der Waals surface area (Å²) in [6.07, 6.45) is 5.84. The van der Waals surface area contributed by atoms with Crippen molar-refractivity contribution in [3.05, 3.63) is 53.6 Å². The third kappa shape index (κ3) is 5.24. The molecule has 6 nitrogen and oxygen atoms in total. The van der Waals surface area contributed by atoms with Gasteiger partial charge in [-0.1, -0.05) is 54.2 Å². The number of thioether (sulfide) groups is 2. The average molecular weight is 404 g/mol. The standard InChI is InChI=1S/C19H21N3O3S2/c1-24-18(23)15-16(20-11-14-9-6-10-25-14)21-19(26-2)22-17(15)27-12-13-7-4-3-5-8-13/h3-9,14H,10-12H2,1-2H3,(H,20,21,22). The molecule has 2 aromatic rings. The lowest BCUT2D eigenvalue weighted by molar-refractivity contribution is 0.0596. The van der Waals surface area contributed by atoms with Crippen LogP contribution in [0.25, 0.3) is 0 Å². The van der Waals surface area contributed by atoms with Gasteiger partial charge in [-0.2, -0.15) is 0 Å². The predicted molar refractivity (Wildman–Crippen MR) is 109 cm³/mol. The average Bonchev–Trinajstić information content (AvgIpc) is 3.24. The molecule has 1 atom stereocenters. The molecule has 27 heavy (non-hydrogen) atoms. The number of hydrogen-bond acceptors (Lipinski definition) is 8. The Morgan fingerprint density at radius 3 is 2.81 bits per heavy atom. The van der Waals surface area contributed by atoms with Crippen LogP contribution in [0.4, 0.5) is 5.82 Å². The lowest BCUT2D eigenvalue weighted by Gasteiger charge is -2.16. The van der Waals surface area contributed by atoms with Crippen molar-refractivity contribution in [1.82, 2.24) is 9.97 Å². The molecule has 0 bridgehead atoms. The number of aromatic nitrogens is 2. The Morgan fingerprint density at radius 1 is 1.33 bits per heavy atom. The van der Waals surface area contributed by atoms with Gasteiger partial charge in [0.1, 0.15) is 16.4 Å². The minimum absolute atomic E-state index is 0.0383. The van der Waals surface area contributed by atoms with E-state index in [2.05, 4.69) is 15.3 Å². The van der Waals surface area contributed by atoms with Crippen LogP contribution in [-0.2, 0) is 15.2 Å². The Morgan fingerprint density at radius 2 is 2.15 bits per heavy atom. The van der Waals surface area contributed by atoms with Crippen molar-refractivity contribution in [2.24, 2.45) is 0 Å². The molecule has 3 rings (SSSR count). The Bertz CT molecular complexity index is 815. The second-order valence-electron chi connectivity index (χ2n) is 5.69. The maximum absolute atomic E-state index is 12.5. The number of rotatable bonds is 8. The van der Waals surface area contributed by atoms with Crippen molar-refractivity contribution in [1.29, 1.82) is 0 Å². The highest BCUT2D eigenvalue weighted by Gasteiger charge is 2.23. The molecule has 0 saturated carbocycles. The van der Waals surface area contributed by atoms with Crippen LogP contribution in [0.3, 0.4) is 0 Å². The Balaban J connectivity index is 1.87. The van der Waals surface area contributed by atoms with Gasteiger partial charge in [0.25, 0.3) is 0 Å². The molecule has 1 aromatic heterocycles. The molecule has 1 N–H and O–H groups in total. The number of carbonyl (C=O) groups is 1. The molecular formula is C19H21N3O3S2. The maximum Gasteiger partial charge on any atom is 0.344 e. The highest BCUT2D eigenvalue weighted by atomic mass is 32.2.